The molecule has 2 aromatic carbocycles. The van der Waals surface area contributed by atoms with E-state index in [0.717, 1.165) is 26.2 Å². The number of methoxy groups -OCH3 is 1. The van der Waals surface area contributed by atoms with Crippen molar-refractivity contribution in [3.63, 3.8) is 0 Å². The van der Waals surface area contributed by atoms with E-state index in [1.54, 1.807) is 19.2 Å². The summed E-state index contributed by atoms with van der Waals surface area (Å²) >= 11 is 0. The lowest BCUT2D eigenvalue weighted by Gasteiger charge is -2.36. The predicted molar refractivity (Wildman–Crippen MR) is 114 cm³/mol. The van der Waals surface area contributed by atoms with Crippen molar-refractivity contribution in [2.75, 3.05) is 51.3 Å². The Hall–Kier alpha value is -1.73. The van der Waals surface area contributed by atoms with Gasteiger partial charge >= 0.3 is 0 Å². The Labute approximate surface area is 177 Å². The van der Waals surface area contributed by atoms with Crippen LogP contribution in [-0.4, -0.2) is 62.6 Å². The first kappa shape index (κ1) is 24.3. The van der Waals surface area contributed by atoms with Gasteiger partial charge in [0.2, 0.25) is 0 Å². The molecule has 1 saturated heterocycles. The number of aliphatic hydroxyl groups excluding tert-OH is 1. The van der Waals surface area contributed by atoms with Crippen molar-refractivity contribution in [1.82, 2.24) is 4.90 Å². The summed E-state index contributed by atoms with van der Waals surface area (Å²) in [5, 5.41) is 10.3. The second kappa shape index (κ2) is 12.0. The predicted octanol–water partition coefficient (Wildman–Crippen LogP) is 3.24. The van der Waals surface area contributed by atoms with Crippen LogP contribution < -0.4 is 14.4 Å². The Balaban J connectivity index is 0.00000196. The smallest absolute Gasteiger partial charge is 0.161 e. The van der Waals surface area contributed by atoms with E-state index in [-0.39, 0.29) is 37.2 Å². The molecule has 0 saturated carbocycles. The molecular weight excluding hydrogens is 406 g/mol. The fourth-order valence-electron chi connectivity index (χ4n) is 3.15. The molecule has 2 aromatic rings. The van der Waals surface area contributed by atoms with Gasteiger partial charge in [0, 0.05) is 32.7 Å². The van der Waals surface area contributed by atoms with Crippen LogP contribution >= 0.6 is 24.8 Å². The van der Waals surface area contributed by atoms with Crippen LogP contribution in [0.3, 0.4) is 0 Å². The molecule has 3 rings (SSSR count). The summed E-state index contributed by atoms with van der Waals surface area (Å²) in [5.41, 5.74) is 0.646. The number of benzene rings is 2. The van der Waals surface area contributed by atoms with Gasteiger partial charge in [-0.3, -0.25) is 4.90 Å². The van der Waals surface area contributed by atoms with Gasteiger partial charge in [-0.05, 0) is 24.3 Å². The molecule has 1 unspecified atom stereocenters. The van der Waals surface area contributed by atoms with Gasteiger partial charge in [0.1, 0.15) is 18.5 Å². The summed E-state index contributed by atoms with van der Waals surface area (Å²) < 4.78 is 24.8. The number of hydrogen-bond acceptors (Lipinski definition) is 5. The number of aliphatic hydroxyl groups is 1. The zero-order valence-electron chi connectivity index (χ0n) is 15.8. The lowest BCUT2D eigenvalue weighted by Crippen LogP contribution is -2.49. The quantitative estimate of drug-likeness (QED) is 0.727. The van der Waals surface area contributed by atoms with Crippen LogP contribution in [0.5, 0.6) is 11.5 Å². The van der Waals surface area contributed by atoms with Crippen molar-refractivity contribution < 1.29 is 19.0 Å². The molecule has 8 heteroatoms. The van der Waals surface area contributed by atoms with E-state index in [1.807, 2.05) is 35.2 Å². The molecule has 1 atom stereocenters. The minimum atomic E-state index is -0.597. The van der Waals surface area contributed by atoms with Gasteiger partial charge < -0.3 is 19.5 Å². The maximum Gasteiger partial charge on any atom is 0.161 e. The highest BCUT2D eigenvalue weighted by atomic mass is 35.5. The number of hydrogen-bond donors (Lipinski definition) is 1. The van der Waals surface area contributed by atoms with E-state index in [4.69, 9.17) is 9.47 Å². The Morgan fingerprint density at radius 1 is 0.964 bits per heavy atom. The van der Waals surface area contributed by atoms with Crippen LogP contribution in [0, 0.1) is 5.82 Å². The van der Waals surface area contributed by atoms with Gasteiger partial charge in [0.15, 0.2) is 11.5 Å². The molecule has 0 aliphatic carbocycles. The molecular formula is C20H27Cl2FN2O3. The van der Waals surface area contributed by atoms with E-state index < -0.39 is 6.10 Å². The van der Waals surface area contributed by atoms with E-state index in [1.165, 1.54) is 6.07 Å². The highest BCUT2D eigenvalue weighted by Gasteiger charge is 2.21. The summed E-state index contributed by atoms with van der Waals surface area (Å²) in [6, 6.07) is 14.2. The average Bonchev–Trinajstić information content (AvgIpc) is 2.68. The highest BCUT2D eigenvalue weighted by Crippen LogP contribution is 2.26. The minimum absolute atomic E-state index is 0. The van der Waals surface area contributed by atoms with Gasteiger partial charge in [0.05, 0.1) is 12.8 Å². The van der Waals surface area contributed by atoms with E-state index in [9.17, 15) is 9.50 Å². The van der Waals surface area contributed by atoms with Crippen LogP contribution in [0.4, 0.5) is 10.1 Å². The first-order chi connectivity index (χ1) is 12.7. The molecule has 0 spiro atoms. The second-order valence-corrected chi connectivity index (χ2v) is 6.35. The maximum atomic E-state index is 13.9. The number of ether oxygens (including phenoxy) is 2. The number of halogens is 3. The number of para-hydroxylation sites is 3. The number of anilines is 1. The maximum absolute atomic E-state index is 13.9. The van der Waals surface area contributed by atoms with Crippen LogP contribution in [0.15, 0.2) is 48.5 Å². The number of β-amino-alcohol motifs (C(OH)–C–C–N with tert-alkyl or cyclic N) is 1. The topological polar surface area (TPSA) is 45.2 Å². The number of piperazine rings is 1. The molecule has 1 fully saturated rings. The monoisotopic (exact) mass is 432 g/mol. The molecule has 156 valence electrons. The van der Waals surface area contributed by atoms with Crippen molar-refractivity contribution in [2.24, 2.45) is 0 Å². The number of rotatable bonds is 7. The summed E-state index contributed by atoms with van der Waals surface area (Å²) in [7, 11) is 1.59. The molecule has 0 aromatic heterocycles. The van der Waals surface area contributed by atoms with Crippen molar-refractivity contribution >= 4 is 30.5 Å². The standard InChI is InChI=1S/C20H25FN2O3.2ClH/c1-25-19-8-4-5-9-20(19)26-15-16(24)14-22-10-12-23(13-11-22)18-7-3-2-6-17(18)21;;/h2-9,16,24H,10-15H2,1H3;2*1H. The molecule has 1 aliphatic rings. The van der Waals surface area contributed by atoms with Crippen LogP contribution in [0.1, 0.15) is 0 Å². The highest BCUT2D eigenvalue weighted by molar-refractivity contribution is 5.85. The van der Waals surface area contributed by atoms with Gasteiger partial charge in [-0.15, -0.1) is 24.8 Å². The third-order valence-electron chi connectivity index (χ3n) is 4.53. The van der Waals surface area contributed by atoms with E-state index in [2.05, 4.69) is 4.90 Å². The third kappa shape index (κ3) is 6.41. The summed E-state index contributed by atoms with van der Waals surface area (Å²) in [6.07, 6.45) is -0.597. The van der Waals surface area contributed by atoms with Crippen LogP contribution in [0.2, 0.25) is 0 Å². The van der Waals surface area contributed by atoms with Gasteiger partial charge in [0.25, 0.3) is 0 Å². The summed E-state index contributed by atoms with van der Waals surface area (Å²) in [6.45, 7) is 3.76. The van der Waals surface area contributed by atoms with Gasteiger partial charge in [-0.2, -0.15) is 0 Å². The van der Waals surface area contributed by atoms with E-state index >= 15 is 0 Å². The molecule has 0 amide bonds. The first-order valence-corrected chi connectivity index (χ1v) is 8.83. The Morgan fingerprint density at radius 2 is 1.57 bits per heavy atom. The fraction of sp³-hybridized carbons (Fsp3) is 0.400. The molecule has 28 heavy (non-hydrogen) atoms. The Kier molecular flexibility index (Phi) is 10.4. The Bertz CT molecular complexity index is 715. The molecule has 1 heterocycles. The summed E-state index contributed by atoms with van der Waals surface area (Å²) in [5.74, 6) is 1.09. The lowest BCUT2D eigenvalue weighted by molar-refractivity contribution is 0.0653. The lowest BCUT2D eigenvalue weighted by atomic mass is 10.2. The van der Waals surface area contributed by atoms with Gasteiger partial charge in [-0.1, -0.05) is 24.3 Å². The van der Waals surface area contributed by atoms with Crippen molar-refractivity contribution in [3.05, 3.63) is 54.3 Å². The molecule has 1 aliphatic heterocycles. The van der Waals surface area contributed by atoms with Crippen LogP contribution in [0.25, 0.3) is 0 Å². The molecule has 0 radical (unpaired) electrons. The average molecular weight is 433 g/mol. The Morgan fingerprint density at radius 3 is 2.21 bits per heavy atom. The fourth-order valence-corrected chi connectivity index (χ4v) is 3.15. The van der Waals surface area contributed by atoms with Crippen LogP contribution in [-0.2, 0) is 0 Å². The zero-order chi connectivity index (χ0) is 18.4. The normalized spacial score (nSPS) is 15.2. The second-order valence-electron chi connectivity index (χ2n) is 6.35. The zero-order valence-corrected chi connectivity index (χ0v) is 17.4. The summed E-state index contributed by atoms with van der Waals surface area (Å²) in [4.78, 5) is 4.22. The van der Waals surface area contributed by atoms with Crippen molar-refractivity contribution in [2.45, 2.75) is 6.10 Å². The van der Waals surface area contributed by atoms with Crippen molar-refractivity contribution in [3.8, 4) is 11.5 Å². The largest absolute Gasteiger partial charge is 0.493 e. The van der Waals surface area contributed by atoms with Crippen molar-refractivity contribution in [1.29, 1.82) is 0 Å². The van der Waals surface area contributed by atoms with E-state index in [0.29, 0.717) is 23.7 Å². The third-order valence-corrected chi connectivity index (χ3v) is 4.53. The molecule has 0 bridgehead atoms. The first-order valence-electron chi connectivity index (χ1n) is 8.83. The SMILES string of the molecule is COc1ccccc1OCC(O)CN1CCN(c2ccccc2F)CC1.Cl.Cl. The minimum Gasteiger partial charge on any atom is -0.493 e. The van der Waals surface area contributed by atoms with Gasteiger partial charge in [-0.25, -0.2) is 4.39 Å². The number of nitrogens with zero attached hydrogens (tertiary/aromatic N) is 2. The molecule has 5 nitrogen and oxygen atoms in total. The molecule has 1 N–H and O–H groups in total.